The molecule has 1 saturated heterocycles. The van der Waals surface area contributed by atoms with Crippen LogP contribution in [0.1, 0.15) is 19.8 Å². The molecule has 114 valence electrons. The number of ether oxygens (including phenoxy) is 1. The highest BCUT2D eigenvalue weighted by atomic mass is 32.2. The van der Waals surface area contributed by atoms with Crippen LogP contribution in [-0.2, 0) is 4.79 Å². The van der Waals surface area contributed by atoms with E-state index < -0.39 is 0 Å². The number of carbonyl (C=O) groups is 1. The largest absolute Gasteiger partial charge is 0.495 e. The molecule has 0 bridgehead atoms. The lowest BCUT2D eigenvalue weighted by molar-refractivity contribution is -0.115. The van der Waals surface area contributed by atoms with Crippen LogP contribution in [0.25, 0.3) is 0 Å². The van der Waals surface area contributed by atoms with Crippen molar-refractivity contribution in [2.75, 3.05) is 25.5 Å². The summed E-state index contributed by atoms with van der Waals surface area (Å²) in [5.41, 5.74) is 0.685. The van der Waals surface area contributed by atoms with E-state index in [9.17, 15) is 4.79 Å². The number of para-hydroxylation sites is 2. The van der Waals surface area contributed by atoms with E-state index in [1.54, 1.807) is 7.11 Å². The Labute approximate surface area is 135 Å². The van der Waals surface area contributed by atoms with Gasteiger partial charge in [0.05, 0.1) is 18.0 Å². The van der Waals surface area contributed by atoms with Crippen molar-refractivity contribution in [3.05, 3.63) is 24.3 Å². The quantitative estimate of drug-likeness (QED) is 0.862. The smallest absolute Gasteiger partial charge is 0.237 e. The Bertz CT molecular complexity index is 516. The number of rotatable bonds is 4. The highest BCUT2D eigenvalue weighted by Gasteiger charge is 2.21. The van der Waals surface area contributed by atoms with Crippen molar-refractivity contribution in [2.45, 2.75) is 25.0 Å². The number of methoxy groups -OCH3 is 1. The summed E-state index contributed by atoms with van der Waals surface area (Å²) in [4.78, 5) is 14.4. The zero-order valence-electron chi connectivity index (χ0n) is 12.3. The van der Waals surface area contributed by atoms with E-state index in [4.69, 9.17) is 17.0 Å². The SMILES string of the molecule is COc1ccccc1NC(=O)[C@@H](C)SC(=S)N1CCCC1. The third-order valence-electron chi connectivity index (χ3n) is 3.38. The van der Waals surface area contributed by atoms with Crippen LogP contribution in [0.5, 0.6) is 5.75 Å². The van der Waals surface area contributed by atoms with E-state index in [0.29, 0.717) is 11.4 Å². The van der Waals surface area contributed by atoms with Gasteiger partial charge < -0.3 is 15.0 Å². The van der Waals surface area contributed by atoms with Gasteiger partial charge in [-0.1, -0.05) is 36.1 Å². The maximum Gasteiger partial charge on any atom is 0.237 e. The summed E-state index contributed by atoms with van der Waals surface area (Å²) in [6.45, 7) is 3.89. The van der Waals surface area contributed by atoms with Crippen molar-refractivity contribution in [1.82, 2.24) is 4.90 Å². The lowest BCUT2D eigenvalue weighted by Crippen LogP contribution is -2.29. The van der Waals surface area contributed by atoms with Gasteiger partial charge in [-0.2, -0.15) is 0 Å². The predicted octanol–water partition coefficient (Wildman–Crippen LogP) is 3.14. The van der Waals surface area contributed by atoms with Gasteiger partial charge in [-0.25, -0.2) is 0 Å². The summed E-state index contributed by atoms with van der Waals surface area (Å²) in [5, 5.41) is 2.66. The second-order valence-corrected chi connectivity index (χ2v) is 6.88. The fraction of sp³-hybridized carbons (Fsp3) is 0.467. The van der Waals surface area contributed by atoms with Crippen LogP contribution in [0.2, 0.25) is 0 Å². The molecule has 1 atom stereocenters. The summed E-state index contributed by atoms with van der Waals surface area (Å²) >= 11 is 6.85. The van der Waals surface area contributed by atoms with Crippen molar-refractivity contribution in [3.8, 4) is 5.75 Å². The van der Waals surface area contributed by atoms with Gasteiger partial charge in [-0.15, -0.1) is 0 Å². The molecule has 0 saturated carbocycles. The Kier molecular flexibility index (Phi) is 5.87. The number of benzene rings is 1. The normalized spacial score (nSPS) is 15.6. The molecule has 1 heterocycles. The van der Waals surface area contributed by atoms with E-state index in [2.05, 4.69) is 10.2 Å². The first-order valence-corrected chi connectivity index (χ1v) is 8.30. The van der Waals surface area contributed by atoms with Crippen molar-refractivity contribution < 1.29 is 9.53 Å². The van der Waals surface area contributed by atoms with Crippen molar-refractivity contribution in [2.24, 2.45) is 0 Å². The van der Waals surface area contributed by atoms with Crippen LogP contribution < -0.4 is 10.1 Å². The minimum Gasteiger partial charge on any atom is -0.495 e. The van der Waals surface area contributed by atoms with Crippen LogP contribution >= 0.6 is 24.0 Å². The molecule has 2 rings (SSSR count). The van der Waals surface area contributed by atoms with Crippen LogP contribution in [-0.4, -0.2) is 40.6 Å². The molecular weight excluding hydrogens is 304 g/mol. The van der Waals surface area contributed by atoms with E-state index >= 15 is 0 Å². The number of thiocarbonyl (C=S) groups is 1. The van der Waals surface area contributed by atoms with Crippen molar-refractivity contribution in [3.63, 3.8) is 0 Å². The lowest BCUT2D eigenvalue weighted by atomic mass is 10.3. The van der Waals surface area contributed by atoms with Crippen molar-refractivity contribution in [1.29, 1.82) is 0 Å². The number of nitrogens with one attached hydrogen (secondary N) is 1. The number of thioether (sulfide) groups is 1. The van der Waals surface area contributed by atoms with Crippen LogP contribution in [0, 0.1) is 0 Å². The molecule has 0 aromatic heterocycles. The van der Waals surface area contributed by atoms with Gasteiger partial charge in [0.2, 0.25) is 5.91 Å². The molecular formula is C15H20N2O2S2. The first-order chi connectivity index (χ1) is 10.1. The van der Waals surface area contributed by atoms with E-state index in [0.717, 1.165) is 17.4 Å². The number of amides is 1. The van der Waals surface area contributed by atoms with Gasteiger partial charge in [-0.05, 0) is 31.9 Å². The maximum absolute atomic E-state index is 12.3. The number of likely N-dealkylation sites (tertiary alicyclic amines) is 1. The zero-order valence-corrected chi connectivity index (χ0v) is 13.9. The van der Waals surface area contributed by atoms with Crippen LogP contribution in [0.3, 0.4) is 0 Å². The average Bonchev–Trinajstić information content (AvgIpc) is 3.02. The highest BCUT2D eigenvalue weighted by molar-refractivity contribution is 8.23. The molecule has 6 heteroatoms. The van der Waals surface area contributed by atoms with Gasteiger partial charge in [-0.3, -0.25) is 4.79 Å². The molecule has 1 fully saturated rings. The highest BCUT2D eigenvalue weighted by Crippen LogP contribution is 2.25. The first kappa shape index (κ1) is 16.1. The van der Waals surface area contributed by atoms with E-state index in [1.165, 1.54) is 24.6 Å². The molecule has 0 radical (unpaired) electrons. The zero-order chi connectivity index (χ0) is 15.2. The first-order valence-electron chi connectivity index (χ1n) is 7.01. The average molecular weight is 324 g/mol. The van der Waals surface area contributed by atoms with Gasteiger partial charge in [0.15, 0.2) is 0 Å². The molecule has 1 aromatic rings. The Morgan fingerprint density at radius 3 is 2.71 bits per heavy atom. The third kappa shape index (κ3) is 4.35. The van der Waals surface area contributed by atoms with Gasteiger partial charge in [0.1, 0.15) is 10.1 Å². The minimum absolute atomic E-state index is 0.0638. The van der Waals surface area contributed by atoms with Crippen LogP contribution in [0.15, 0.2) is 24.3 Å². The van der Waals surface area contributed by atoms with Crippen molar-refractivity contribution >= 4 is 39.9 Å². The van der Waals surface area contributed by atoms with Gasteiger partial charge in [0.25, 0.3) is 0 Å². The monoisotopic (exact) mass is 324 g/mol. The second-order valence-electron chi connectivity index (χ2n) is 4.91. The molecule has 1 aliphatic rings. The molecule has 0 spiro atoms. The molecule has 0 unspecified atom stereocenters. The Morgan fingerprint density at radius 1 is 1.38 bits per heavy atom. The number of hydrogen-bond donors (Lipinski definition) is 1. The molecule has 1 amide bonds. The fourth-order valence-corrected chi connectivity index (χ4v) is 3.58. The minimum atomic E-state index is -0.233. The molecule has 1 N–H and O–H groups in total. The summed E-state index contributed by atoms with van der Waals surface area (Å²) in [6.07, 6.45) is 2.37. The number of anilines is 1. The number of carbonyl (C=O) groups excluding carboxylic acids is 1. The topological polar surface area (TPSA) is 41.6 Å². The van der Waals surface area contributed by atoms with Gasteiger partial charge >= 0.3 is 0 Å². The van der Waals surface area contributed by atoms with Gasteiger partial charge in [0, 0.05) is 13.1 Å². The summed E-state index contributed by atoms with van der Waals surface area (Å²) in [7, 11) is 1.59. The summed E-state index contributed by atoms with van der Waals surface area (Å²) in [6, 6.07) is 7.38. The Balaban J connectivity index is 1.91. The summed E-state index contributed by atoms with van der Waals surface area (Å²) in [5.74, 6) is 0.594. The molecule has 1 aliphatic heterocycles. The Hall–Kier alpha value is -1.27. The summed E-state index contributed by atoms with van der Waals surface area (Å²) < 4.78 is 6.05. The second kappa shape index (κ2) is 7.66. The molecule has 1 aromatic carbocycles. The molecule has 4 nitrogen and oxygen atoms in total. The van der Waals surface area contributed by atoms with Crippen LogP contribution in [0.4, 0.5) is 5.69 Å². The molecule has 0 aliphatic carbocycles. The maximum atomic E-state index is 12.3. The standard InChI is InChI=1S/C15H20N2O2S2/c1-11(21-15(20)17-9-5-6-10-17)14(18)16-12-7-3-4-8-13(12)19-2/h3-4,7-8,11H,5-6,9-10H2,1-2H3,(H,16,18)/t11-/m1/s1. The lowest BCUT2D eigenvalue weighted by Gasteiger charge is -2.20. The van der Waals surface area contributed by atoms with E-state index in [-0.39, 0.29) is 11.2 Å². The predicted molar refractivity (Wildman–Crippen MR) is 92.1 cm³/mol. The number of nitrogens with zero attached hydrogens (tertiary/aromatic N) is 1. The number of hydrogen-bond acceptors (Lipinski definition) is 4. The van der Waals surface area contributed by atoms with E-state index in [1.807, 2.05) is 31.2 Å². The fourth-order valence-electron chi connectivity index (χ4n) is 2.16. The Morgan fingerprint density at radius 2 is 2.05 bits per heavy atom. The molecule has 21 heavy (non-hydrogen) atoms. The third-order valence-corrected chi connectivity index (χ3v) is 4.95.